The van der Waals surface area contributed by atoms with Crippen molar-refractivity contribution in [2.45, 2.75) is 57.5 Å². The lowest BCUT2D eigenvalue weighted by atomic mass is 10.1. The Labute approximate surface area is 204 Å². The number of carbonyl (C=O) groups excluding carboxylic acids is 2. The van der Waals surface area contributed by atoms with Crippen molar-refractivity contribution in [3.8, 4) is 0 Å². The van der Waals surface area contributed by atoms with Gasteiger partial charge in [0.05, 0.1) is 6.54 Å². The molecule has 0 aromatic heterocycles. The number of aliphatic hydroxyl groups is 1. The van der Waals surface area contributed by atoms with E-state index in [0.717, 1.165) is 58.0 Å². The number of nitrogens with one attached hydrogen (secondary N) is 5. The topological polar surface area (TPSA) is 178 Å². The molecule has 0 aliphatic rings. The van der Waals surface area contributed by atoms with Gasteiger partial charge >= 0.3 is 0 Å². The second kappa shape index (κ2) is 27.0. The largest absolute Gasteiger partial charge is 0.381 e. The van der Waals surface area contributed by atoms with Crippen LogP contribution in [0.1, 0.15) is 51.4 Å². The maximum Gasteiger partial charge on any atom is 0.250 e. The number of guanidine groups is 1. The van der Waals surface area contributed by atoms with E-state index < -0.39 is 12.0 Å². The van der Waals surface area contributed by atoms with Crippen LogP contribution in [0.2, 0.25) is 0 Å². The number of carbonyl (C=O) groups is 2. The van der Waals surface area contributed by atoms with Crippen molar-refractivity contribution in [2.24, 2.45) is 11.5 Å². The molecule has 0 aliphatic heterocycles. The molecule has 0 heterocycles. The minimum Gasteiger partial charge on any atom is -0.381 e. The van der Waals surface area contributed by atoms with Crippen LogP contribution in [-0.2, 0) is 9.59 Å². The average Bonchev–Trinajstić information content (AvgIpc) is 2.66. The minimum absolute atomic E-state index is 0. The molecule has 1 atom stereocenters. The summed E-state index contributed by atoms with van der Waals surface area (Å²) in [5.74, 6) is -0.663. The first-order valence-electron chi connectivity index (χ1n) is 10.2. The van der Waals surface area contributed by atoms with Gasteiger partial charge in [-0.3, -0.25) is 15.0 Å². The van der Waals surface area contributed by atoms with Gasteiger partial charge in [0.2, 0.25) is 5.91 Å². The van der Waals surface area contributed by atoms with Crippen molar-refractivity contribution in [2.75, 3.05) is 39.3 Å². The molecule has 0 saturated carbocycles. The lowest BCUT2D eigenvalue weighted by Gasteiger charge is -2.12. The molecule has 1 unspecified atom stereocenters. The van der Waals surface area contributed by atoms with E-state index in [2.05, 4.69) is 21.3 Å². The zero-order chi connectivity index (χ0) is 21.0. The Morgan fingerprint density at radius 1 is 0.806 bits per heavy atom. The monoisotopic (exact) mass is 509 g/mol. The van der Waals surface area contributed by atoms with E-state index in [4.69, 9.17) is 16.9 Å². The van der Waals surface area contributed by atoms with Crippen LogP contribution in [0.5, 0.6) is 0 Å². The Kier molecular flexibility index (Phi) is 32.5. The highest BCUT2D eigenvalue weighted by Gasteiger charge is 2.15. The molecule has 0 rings (SSSR count). The molecule has 0 radical (unpaired) electrons. The molecule has 0 aliphatic carbocycles. The highest BCUT2D eigenvalue weighted by atomic mass is 35.5. The van der Waals surface area contributed by atoms with Gasteiger partial charge in [0.25, 0.3) is 5.91 Å². The molecular formula is C18H42Cl3N7O3. The van der Waals surface area contributed by atoms with Crippen LogP contribution in [0.25, 0.3) is 0 Å². The predicted octanol–water partition coefficient (Wildman–Crippen LogP) is -0.00273. The number of halogens is 3. The van der Waals surface area contributed by atoms with E-state index in [-0.39, 0.29) is 55.6 Å². The highest BCUT2D eigenvalue weighted by Crippen LogP contribution is 2.02. The SMILES string of the molecule is Cl.Cl.Cl.N=C(N)NCCCCCCC(=O)NCC(O)C(=O)NCCCCNCCCN. The maximum absolute atomic E-state index is 11.8. The van der Waals surface area contributed by atoms with Crippen LogP contribution in [0.3, 0.4) is 0 Å². The summed E-state index contributed by atoms with van der Waals surface area (Å²) in [6.45, 7) is 3.54. The summed E-state index contributed by atoms with van der Waals surface area (Å²) in [5, 5.41) is 28.1. The van der Waals surface area contributed by atoms with Gasteiger partial charge in [0.1, 0.15) is 6.10 Å². The summed E-state index contributed by atoms with van der Waals surface area (Å²) in [7, 11) is 0. The quantitative estimate of drug-likeness (QED) is 0.0726. The van der Waals surface area contributed by atoms with Crippen molar-refractivity contribution < 1.29 is 14.7 Å². The van der Waals surface area contributed by atoms with Crippen molar-refractivity contribution in [1.29, 1.82) is 5.41 Å². The number of amides is 2. The standard InChI is InChI=1S/C18H39N7O3.3ClH/c19-9-7-11-22-10-5-6-12-23-17(28)15(26)14-25-16(27)8-3-1-2-4-13-24-18(20)21;;;/h15,22,26H,1-14,19H2,(H,23,28)(H,25,27)(H4,20,21,24);3*1H. The third kappa shape index (κ3) is 26.9. The Morgan fingerprint density at radius 2 is 1.35 bits per heavy atom. The first-order valence-corrected chi connectivity index (χ1v) is 10.2. The van der Waals surface area contributed by atoms with Gasteiger partial charge in [0.15, 0.2) is 5.96 Å². The second-order valence-electron chi connectivity index (χ2n) is 6.71. The molecule has 0 saturated heterocycles. The van der Waals surface area contributed by atoms with Crippen LogP contribution in [0.15, 0.2) is 0 Å². The van der Waals surface area contributed by atoms with E-state index in [0.29, 0.717) is 26.1 Å². The fourth-order valence-corrected chi connectivity index (χ4v) is 2.44. The molecule has 31 heavy (non-hydrogen) atoms. The highest BCUT2D eigenvalue weighted by molar-refractivity contribution is 5.86. The fraction of sp³-hybridized carbons (Fsp3) is 0.833. The molecule has 188 valence electrons. The number of hydrogen-bond acceptors (Lipinski definition) is 6. The van der Waals surface area contributed by atoms with Gasteiger partial charge in [-0.15, -0.1) is 37.2 Å². The van der Waals surface area contributed by atoms with E-state index in [1.165, 1.54) is 0 Å². The normalized spacial score (nSPS) is 10.5. The minimum atomic E-state index is -1.23. The van der Waals surface area contributed by atoms with Gasteiger partial charge in [-0.05, 0) is 51.7 Å². The fourth-order valence-electron chi connectivity index (χ4n) is 2.44. The van der Waals surface area contributed by atoms with Crippen molar-refractivity contribution >= 4 is 55.0 Å². The smallest absolute Gasteiger partial charge is 0.250 e. The molecule has 10 N–H and O–H groups in total. The first kappa shape index (κ1) is 37.3. The summed E-state index contributed by atoms with van der Waals surface area (Å²) in [5.41, 5.74) is 10.6. The number of rotatable bonds is 18. The summed E-state index contributed by atoms with van der Waals surface area (Å²) in [6, 6.07) is 0. The Morgan fingerprint density at radius 3 is 2.00 bits per heavy atom. The van der Waals surface area contributed by atoms with Gasteiger partial charge in [-0.1, -0.05) is 12.8 Å². The van der Waals surface area contributed by atoms with E-state index in [1.807, 2.05) is 0 Å². The van der Waals surface area contributed by atoms with Gasteiger partial charge in [-0.25, -0.2) is 0 Å². The molecule has 0 fully saturated rings. The first-order chi connectivity index (χ1) is 13.5. The molecule has 0 aromatic rings. The molecule has 13 heteroatoms. The van der Waals surface area contributed by atoms with Crippen LogP contribution < -0.4 is 32.7 Å². The van der Waals surface area contributed by atoms with E-state index in [1.54, 1.807) is 0 Å². The lowest BCUT2D eigenvalue weighted by Crippen LogP contribution is -2.43. The van der Waals surface area contributed by atoms with Crippen LogP contribution >= 0.6 is 37.2 Å². The second-order valence-corrected chi connectivity index (χ2v) is 6.71. The molecule has 0 aromatic carbocycles. The Balaban J connectivity index is -0.00000121. The van der Waals surface area contributed by atoms with Gasteiger partial charge < -0.3 is 37.8 Å². The zero-order valence-electron chi connectivity index (χ0n) is 18.1. The van der Waals surface area contributed by atoms with Crippen molar-refractivity contribution in [3.05, 3.63) is 0 Å². The Bertz CT molecular complexity index is 450. The zero-order valence-corrected chi connectivity index (χ0v) is 20.6. The molecule has 10 nitrogen and oxygen atoms in total. The van der Waals surface area contributed by atoms with Gasteiger partial charge in [0, 0.05) is 19.5 Å². The average molecular weight is 511 g/mol. The number of hydrogen-bond donors (Lipinski definition) is 8. The summed E-state index contributed by atoms with van der Waals surface area (Å²) in [4.78, 5) is 23.5. The number of nitrogens with two attached hydrogens (primary N) is 2. The molecule has 2 amide bonds. The summed E-state index contributed by atoms with van der Waals surface area (Å²) in [6.07, 6.45) is 5.32. The summed E-state index contributed by atoms with van der Waals surface area (Å²) < 4.78 is 0. The van der Waals surface area contributed by atoms with Crippen LogP contribution in [-0.4, -0.2) is 68.3 Å². The maximum atomic E-state index is 11.8. The van der Waals surface area contributed by atoms with Crippen LogP contribution in [0, 0.1) is 5.41 Å². The lowest BCUT2D eigenvalue weighted by molar-refractivity contribution is -0.129. The summed E-state index contributed by atoms with van der Waals surface area (Å²) >= 11 is 0. The van der Waals surface area contributed by atoms with E-state index >= 15 is 0 Å². The van der Waals surface area contributed by atoms with Crippen LogP contribution in [0.4, 0.5) is 0 Å². The Hall–Kier alpha value is -1.04. The molecule has 0 spiro atoms. The molecule has 0 bridgehead atoms. The molecular weight excluding hydrogens is 469 g/mol. The number of aliphatic hydroxyl groups excluding tert-OH is 1. The van der Waals surface area contributed by atoms with Crippen molar-refractivity contribution in [1.82, 2.24) is 21.3 Å². The van der Waals surface area contributed by atoms with Gasteiger partial charge in [-0.2, -0.15) is 0 Å². The predicted molar refractivity (Wildman–Crippen MR) is 133 cm³/mol. The third-order valence-corrected chi connectivity index (χ3v) is 4.08. The van der Waals surface area contributed by atoms with E-state index in [9.17, 15) is 14.7 Å². The number of unbranched alkanes of at least 4 members (excludes halogenated alkanes) is 4. The third-order valence-electron chi connectivity index (χ3n) is 4.08. The van der Waals surface area contributed by atoms with Crippen molar-refractivity contribution in [3.63, 3.8) is 0 Å².